The molecule has 0 bridgehead atoms. The van der Waals surface area contributed by atoms with E-state index < -0.39 is 33.5 Å². The van der Waals surface area contributed by atoms with Gasteiger partial charge in [0.15, 0.2) is 0 Å². The Balaban J connectivity index is 0.000000281. The van der Waals surface area contributed by atoms with E-state index in [-0.39, 0.29) is 23.2 Å². The molecule has 200 valence electrons. The summed E-state index contributed by atoms with van der Waals surface area (Å²) >= 11 is 0. The van der Waals surface area contributed by atoms with Crippen LogP contribution in [0.4, 0.5) is 42.4 Å². The first-order chi connectivity index (χ1) is 17.6. The molecule has 1 atom stereocenters. The van der Waals surface area contributed by atoms with E-state index in [0.29, 0.717) is 32.1 Å². The SMILES string of the molecule is COC(=O)Nc1ccc(F)c([N+](=O)[O-])c1.COC(=O)Nc1ccc(NCC2COCCO2)c([N+](=O)[O-])c1. The number of hydrogen-bond acceptors (Lipinski definition) is 11. The maximum absolute atomic E-state index is 12.9. The smallest absolute Gasteiger partial charge is 0.411 e. The molecule has 0 aliphatic carbocycles. The van der Waals surface area contributed by atoms with Gasteiger partial charge in [0.2, 0.25) is 5.82 Å². The van der Waals surface area contributed by atoms with Gasteiger partial charge in [-0.15, -0.1) is 0 Å². The second-order valence-electron chi connectivity index (χ2n) is 7.09. The summed E-state index contributed by atoms with van der Waals surface area (Å²) in [5.41, 5.74) is -0.138. The van der Waals surface area contributed by atoms with Gasteiger partial charge in [-0.25, -0.2) is 9.59 Å². The number of rotatable bonds is 7. The van der Waals surface area contributed by atoms with Crippen molar-refractivity contribution in [3.63, 3.8) is 0 Å². The highest BCUT2D eigenvalue weighted by Crippen LogP contribution is 2.28. The summed E-state index contributed by atoms with van der Waals surface area (Å²) in [4.78, 5) is 42.0. The third-order valence-electron chi connectivity index (χ3n) is 4.61. The fourth-order valence-corrected chi connectivity index (χ4v) is 2.86. The van der Waals surface area contributed by atoms with Crippen molar-refractivity contribution >= 4 is 40.6 Å². The average Bonchev–Trinajstić information content (AvgIpc) is 2.89. The van der Waals surface area contributed by atoms with E-state index in [1.165, 1.54) is 25.3 Å². The van der Waals surface area contributed by atoms with Crippen molar-refractivity contribution in [3.05, 3.63) is 62.4 Å². The number of anilines is 3. The van der Waals surface area contributed by atoms with Crippen molar-refractivity contribution < 1.29 is 42.8 Å². The maximum Gasteiger partial charge on any atom is 0.411 e. The number of carbonyl (C=O) groups is 2. The summed E-state index contributed by atoms with van der Waals surface area (Å²) in [7, 11) is 2.36. The standard InChI is InChI=1S/C13H17N3O6.C8H7FN2O4/c1-20-13(17)15-9-2-3-11(12(6-9)16(18)19)14-7-10-8-21-4-5-22-10;1-15-8(12)10-5-2-3-6(9)7(4-5)11(13)14/h2-3,6,10,14H,4-5,7-8H2,1H3,(H,15,17);2-4H,1H3,(H,10,12). The van der Waals surface area contributed by atoms with Crippen molar-refractivity contribution in [1.82, 2.24) is 0 Å². The zero-order valence-corrected chi connectivity index (χ0v) is 19.7. The van der Waals surface area contributed by atoms with Crippen LogP contribution in [-0.4, -0.2) is 68.7 Å². The first-order valence-electron chi connectivity index (χ1n) is 10.5. The maximum atomic E-state index is 12.9. The zero-order valence-electron chi connectivity index (χ0n) is 19.7. The number of amides is 2. The van der Waals surface area contributed by atoms with Crippen LogP contribution in [0.1, 0.15) is 0 Å². The molecule has 37 heavy (non-hydrogen) atoms. The quantitative estimate of drug-likeness (QED) is 0.354. The normalized spacial score (nSPS) is 14.3. The molecule has 1 fully saturated rings. The Bertz CT molecular complexity index is 1130. The number of halogens is 1. The molecule has 1 saturated heterocycles. The summed E-state index contributed by atoms with van der Waals surface area (Å²) in [5, 5.41) is 29.0. The number of methoxy groups -OCH3 is 2. The molecule has 2 aromatic rings. The van der Waals surface area contributed by atoms with Crippen LogP contribution in [0, 0.1) is 26.0 Å². The van der Waals surface area contributed by atoms with Crippen molar-refractivity contribution in [2.24, 2.45) is 0 Å². The highest BCUT2D eigenvalue weighted by Gasteiger charge is 2.19. The number of benzene rings is 2. The van der Waals surface area contributed by atoms with Crippen molar-refractivity contribution in [2.75, 3.05) is 56.5 Å². The molecule has 15 nitrogen and oxygen atoms in total. The van der Waals surface area contributed by atoms with E-state index in [4.69, 9.17) is 9.47 Å². The van der Waals surface area contributed by atoms with Gasteiger partial charge < -0.3 is 24.3 Å². The van der Waals surface area contributed by atoms with Crippen LogP contribution < -0.4 is 16.0 Å². The molecular weight excluding hydrogens is 501 g/mol. The second kappa shape index (κ2) is 14.1. The molecule has 0 radical (unpaired) electrons. The molecule has 1 aliphatic rings. The Morgan fingerprint density at radius 1 is 0.973 bits per heavy atom. The van der Waals surface area contributed by atoms with Crippen LogP contribution in [0.5, 0.6) is 0 Å². The summed E-state index contributed by atoms with van der Waals surface area (Å²) in [6, 6.07) is 7.32. The molecule has 2 amide bonds. The number of nitro benzene ring substituents is 2. The van der Waals surface area contributed by atoms with Gasteiger partial charge >= 0.3 is 17.9 Å². The number of nitrogens with one attached hydrogen (secondary N) is 3. The van der Waals surface area contributed by atoms with E-state index >= 15 is 0 Å². The monoisotopic (exact) mass is 525 g/mol. The molecular formula is C21H24FN5O10. The van der Waals surface area contributed by atoms with E-state index in [0.717, 1.165) is 19.2 Å². The number of nitrogens with zero attached hydrogens (tertiary/aromatic N) is 2. The van der Waals surface area contributed by atoms with E-state index in [1.807, 2.05) is 0 Å². The van der Waals surface area contributed by atoms with Crippen LogP contribution in [-0.2, 0) is 18.9 Å². The Hall–Kier alpha value is -4.57. The molecule has 3 N–H and O–H groups in total. The lowest BCUT2D eigenvalue weighted by Gasteiger charge is -2.23. The van der Waals surface area contributed by atoms with E-state index in [9.17, 15) is 34.2 Å². The third kappa shape index (κ3) is 9.19. The summed E-state index contributed by atoms with van der Waals surface area (Å²) < 4.78 is 32.3. The minimum atomic E-state index is -0.963. The molecule has 0 saturated carbocycles. The Labute approximate surface area is 209 Å². The van der Waals surface area contributed by atoms with Crippen molar-refractivity contribution in [2.45, 2.75) is 6.10 Å². The van der Waals surface area contributed by atoms with Gasteiger partial charge in [0.25, 0.3) is 5.69 Å². The first kappa shape index (κ1) is 28.7. The predicted octanol–water partition coefficient (Wildman–Crippen LogP) is 3.51. The molecule has 0 spiro atoms. The molecule has 1 heterocycles. The fraction of sp³-hybridized carbons (Fsp3) is 0.333. The predicted molar refractivity (Wildman–Crippen MR) is 127 cm³/mol. The highest BCUT2D eigenvalue weighted by molar-refractivity contribution is 5.86. The Morgan fingerprint density at radius 3 is 2.05 bits per heavy atom. The number of ether oxygens (including phenoxy) is 4. The average molecular weight is 525 g/mol. The van der Waals surface area contributed by atoms with Gasteiger partial charge in [0, 0.05) is 18.7 Å². The second-order valence-corrected chi connectivity index (χ2v) is 7.09. The first-order valence-corrected chi connectivity index (χ1v) is 10.5. The molecule has 2 aromatic carbocycles. The zero-order chi connectivity index (χ0) is 27.4. The molecule has 0 aromatic heterocycles. The van der Waals surface area contributed by atoms with E-state index in [1.54, 1.807) is 6.07 Å². The third-order valence-corrected chi connectivity index (χ3v) is 4.61. The van der Waals surface area contributed by atoms with Crippen molar-refractivity contribution in [1.29, 1.82) is 0 Å². The molecule has 1 aliphatic heterocycles. The fourth-order valence-electron chi connectivity index (χ4n) is 2.86. The van der Waals surface area contributed by atoms with Crippen LogP contribution in [0.25, 0.3) is 0 Å². The van der Waals surface area contributed by atoms with Crippen LogP contribution >= 0.6 is 0 Å². The minimum Gasteiger partial charge on any atom is -0.453 e. The van der Waals surface area contributed by atoms with Gasteiger partial charge in [-0.3, -0.25) is 30.9 Å². The highest BCUT2D eigenvalue weighted by atomic mass is 19.1. The summed E-state index contributed by atoms with van der Waals surface area (Å²) in [5.74, 6) is -0.963. The van der Waals surface area contributed by atoms with Gasteiger partial charge in [-0.05, 0) is 24.3 Å². The summed E-state index contributed by atoms with van der Waals surface area (Å²) in [6.45, 7) is 1.91. The summed E-state index contributed by atoms with van der Waals surface area (Å²) in [6.07, 6.45) is -1.63. The van der Waals surface area contributed by atoms with Crippen LogP contribution in [0.15, 0.2) is 36.4 Å². The Kier molecular flexibility index (Phi) is 10.9. The van der Waals surface area contributed by atoms with Crippen molar-refractivity contribution in [3.8, 4) is 0 Å². The lowest BCUT2D eigenvalue weighted by atomic mass is 10.2. The van der Waals surface area contributed by atoms with Gasteiger partial charge in [-0.1, -0.05) is 0 Å². The number of hydrogen-bond donors (Lipinski definition) is 3. The van der Waals surface area contributed by atoms with Gasteiger partial charge in [0.1, 0.15) is 5.69 Å². The van der Waals surface area contributed by atoms with Gasteiger partial charge in [-0.2, -0.15) is 4.39 Å². The molecule has 1 unspecified atom stereocenters. The van der Waals surface area contributed by atoms with Crippen LogP contribution in [0.3, 0.4) is 0 Å². The molecule has 3 rings (SSSR count). The lowest BCUT2D eigenvalue weighted by molar-refractivity contribution is -0.387. The van der Waals surface area contributed by atoms with E-state index in [2.05, 4.69) is 25.4 Å². The topological polar surface area (TPSA) is 193 Å². The lowest BCUT2D eigenvalue weighted by Crippen LogP contribution is -2.34. The Morgan fingerprint density at radius 2 is 1.54 bits per heavy atom. The minimum absolute atomic E-state index is 0.0925. The molecule has 16 heteroatoms. The van der Waals surface area contributed by atoms with Gasteiger partial charge in [0.05, 0.1) is 61.4 Å². The van der Waals surface area contributed by atoms with Crippen LogP contribution in [0.2, 0.25) is 0 Å². The largest absolute Gasteiger partial charge is 0.453 e. The number of carbonyl (C=O) groups excluding carboxylic acids is 2. The number of nitro groups is 2.